The number of aromatic nitrogens is 1. The van der Waals surface area contributed by atoms with Gasteiger partial charge in [-0.05, 0) is 78.4 Å². The van der Waals surface area contributed by atoms with Crippen LogP contribution in [0.4, 0.5) is 0 Å². The minimum atomic E-state index is -0.735. The standard InChI is InChI=1S/C28H21IN2O6S/c1-3-34-27(33)24-15(2)30-28-31(25(24)17-6-10-21-22(12-17)36-14-35-21)26(32)23(38-28)13-19-9-11-20(37-19)16-4-7-18(29)8-5-16/h4-13,25H,3,14H2,1-2H3/b23-13-/t25-/m0/s1. The number of carbonyl (C=O) groups is 1. The highest BCUT2D eigenvalue weighted by atomic mass is 127. The third-order valence-corrected chi connectivity index (χ3v) is 7.96. The Kier molecular flexibility index (Phi) is 6.44. The lowest BCUT2D eigenvalue weighted by atomic mass is 9.95. The summed E-state index contributed by atoms with van der Waals surface area (Å²) in [7, 11) is 0. The summed E-state index contributed by atoms with van der Waals surface area (Å²) in [4.78, 5) is 32.0. The smallest absolute Gasteiger partial charge is 0.338 e. The second-order valence-corrected chi connectivity index (χ2v) is 10.9. The maximum absolute atomic E-state index is 13.8. The van der Waals surface area contributed by atoms with Gasteiger partial charge in [-0.15, -0.1) is 0 Å². The molecule has 0 aliphatic carbocycles. The van der Waals surface area contributed by atoms with Crippen LogP contribution in [0.2, 0.25) is 0 Å². The fraction of sp³-hybridized carbons (Fsp3) is 0.179. The molecule has 6 rings (SSSR count). The Morgan fingerprint density at radius 3 is 2.74 bits per heavy atom. The molecule has 8 nitrogen and oxygen atoms in total. The Labute approximate surface area is 234 Å². The first-order chi connectivity index (χ1) is 18.4. The highest BCUT2D eigenvalue weighted by molar-refractivity contribution is 14.1. The average molecular weight is 640 g/mol. The SMILES string of the molecule is CCOC(=O)C1=C(C)N=c2s/c(=C\c3ccc(-c4ccc(I)cc4)o3)c(=O)n2[C@H]1c1ccc2c(c1)OCO2. The monoisotopic (exact) mass is 640 g/mol. The van der Waals surface area contributed by atoms with E-state index in [0.717, 1.165) is 9.13 Å². The van der Waals surface area contributed by atoms with Crippen molar-refractivity contribution in [2.24, 2.45) is 4.99 Å². The van der Waals surface area contributed by atoms with Gasteiger partial charge in [0.25, 0.3) is 5.56 Å². The van der Waals surface area contributed by atoms with E-state index >= 15 is 0 Å². The lowest BCUT2D eigenvalue weighted by molar-refractivity contribution is -0.139. The molecular formula is C28H21IN2O6S. The van der Waals surface area contributed by atoms with Gasteiger partial charge in [0.05, 0.1) is 28.5 Å². The zero-order valence-electron chi connectivity index (χ0n) is 20.4. The molecule has 2 aliphatic heterocycles. The van der Waals surface area contributed by atoms with E-state index in [4.69, 9.17) is 18.6 Å². The van der Waals surface area contributed by atoms with Crippen LogP contribution in [0.1, 0.15) is 31.2 Å². The molecule has 0 bridgehead atoms. The van der Waals surface area contributed by atoms with Crippen LogP contribution in [0.3, 0.4) is 0 Å². The first-order valence-electron chi connectivity index (χ1n) is 11.9. The summed E-state index contributed by atoms with van der Waals surface area (Å²) in [6, 6.07) is 16.4. The van der Waals surface area contributed by atoms with Crippen molar-refractivity contribution in [2.75, 3.05) is 13.4 Å². The molecule has 0 radical (unpaired) electrons. The van der Waals surface area contributed by atoms with Gasteiger partial charge in [-0.3, -0.25) is 9.36 Å². The summed E-state index contributed by atoms with van der Waals surface area (Å²) in [6.07, 6.45) is 1.71. The van der Waals surface area contributed by atoms with Gasteiger partial charge in [0, 0.05) is 15.2 Å². The van der Waals surface area contributed by atoms with Crippen molar-refractivity contribution in [2.45, 2.75) is 19.9 Å². The third-order valence-electron chi connectivity index (χ3n) is 6.26. The van der Waals surface area contributed by atoms with Crippen LogP contribution in [0.25, 0.3) is 17.4 Å². The van der Waals surface area contributed by atoms with Crippen LogP contribution < -0.4 is 24.4 Å². The van der Waals surface area contributed by atoms with Crippen molar-refractivity contribution >= 4 is 46.0 Å². The molecule has 0 unspecified atom stereocenters. The molecule has 4 aromatic rings. The molecule has 1 atom stereocenters. The lowest BCUT2D eigenvalue weighted by Gasteiger charge is -2.24. The predicted octanol–water partition coefficient (Wildman–Crippen LogP) is 4.39. The molecule has 2 aromatic carbocycles. The van der Waals surface area contributed by atoms with Crippen molar-refractivity contribution in [1.29, 1.82) is 0 Å². The molecule has 0 fully saturated rings. The Hall–Kier alpha value is -3.64. The van der Waals surface area contributed by atoms with Crippen LogP contribution in [-0.2, 0) is 9.53 Å². The number of hydrogen-bond acceptors (Lipinski definition) is 8. The van der Waals surface area contributed by atoms with Crippen molar-refractivity contribution in [3.63, 3.8) is 0 Å². The first kappa shape index (κ1) is 24.7. The van der Waals surface area contributed by atoms with Crippen molar-refractivity contribution < 1.29 is 23.4 Å². The molecule has 2 aromatic heterocycles. The quantitative estimate of drug-likeness (QED) is 0.238. The van der Waals surface area contributed by atoms with Crippen LogP contribution in [0, 0.1) is 3.57 Å². The second-order valence-electron chi connectivity index (χ2n) is 8.62. The number of furan rings is 1. The molecule has 0 spiro atoms. The maximum Gasteiger partial charge on any atom is 0.338 e. The van der Waals surface area contributed by atoms with Gasteiger partial charge in [-0.2, -0.15) is 0 Å². The van der Waals surface area contributed by atoms with Gasteiger partial charge in [-0.1, -0.05) is 29.5 Å². The molecule has 38 heavy (non-hydrogen) atoms. The highest BCUT2D eigenvalue weighted by Crippen LogP contribution is 2.38. The Morgan fingerprint density at radius 2 is 1.95 bits per heavy atom. The number of carbonyl (C=O) groups excluding carboxylic acids is 1. The molecular weight excluding hydrogens is 619 g/mol. The lowest BCUT2D eigenvalue weighted by Crippen LogP contribution is -2.39. The zero-order valence-corrected chi connectivity index (χ0v) is 23.4. The number of allylic oxidation sites excluding steroid dienone is 1. The largest absolute Gasteiger partial charge is 0.463 e. The Balaban J connectivity index is 1.47. The molecule has 0 saturated heterocycles. The maximum atomic E-state index is 13.8. The normalized spacial score (nSPS) is 16.4. The van der Waals surface area contributed by atoms with Crippen molar-refractivity contribution in [3.8, 4) is 22.8 Å². The van der Waals surface area contributed by atoms with Gasteiger partial charge < -0.3 is 18.6 Å². The Bertz CT molecular complexity index is 1780. The number of benzene rings is 2. The molecule has 192 valence electrons. The number of rotatable bonds is 5. The van der Waals surface area contributed by atoms with Gasteiger partial charge in [0.1, 0.15) is 11.5 Å². The second kappa shape index (κ2) is 9.91. The van der Waals surface area contributed by atoms with E-state index in [9.17, 15) is 9.59 Å². The van der Waals surface area contributed by atoms with Gasteiger partial charge in [-0.25, -0.2) is 9.79 Å². The van der Waals surface area contributed by atoms with E-state index in [2.05, 4.69) is 27.6 Å². The molecule has 4 heterocycles. The third kappa shape index (κ3) is 4.37. The number of fused-ring (bicyclic) bond motifs is 2. The summed E-state index contributed by atoms with van der Waals surface area (Å²) in [6.45, 7) is 3.82. The number of ether oxygens (including phenoxy) is 3. The van der Waals surface area contributed by atoms with E-state index in [1.54, 1.807) is 32.1 Å². The average Bonchev–Trinajstić information content (AvgIpc) is 3.63. The predicted molar refractivity (Wildman–Crippen MR) is 150 cm³/mol. The summed E-state index contributed by atoms with van der Waals surface area (Å²) in [5.74, 6) is 1.91. The highest BCUT2D eigenvalue weighted by Gasteiger charge is 2.34. The van der Waals surface area contributed by atoms with E-state index in [1.165, 1.54) is 15.9 Å². The van der Waals surface area contributed by atoms with E-state index < -0.39 is 12.0 Å². The molecule has 10 heteroatoms. The van der Waals surface area contributed by atoms with Gasteiger partial charge in [0.15, 0.2) is 16.3 Å². The van der Waals surface area contributed by atoms with Crippen molar-refractivity contribution in [3.05, 3.63) is 100 Å². The number of hydrogen-bond donors (Lipinski definition) is 0. The van der Waals surface area contributed by atoms with E-state index in [1.807, 2.05) is 42.5 Å². The number of halogens is 1. The summed E-state index contributed by atoms with van der Waals surface area (Å²) < 4.78 is 25.5. The molecule has 0 N–H and O–H groups in total. The minimum Gasteiger partial charge on any atom is -0.463 e. The van der Waals surface area contributed by atoms with E-state index in [0.29, 0.717) is 49.2 Å². The van der Waals surface area contributed by atoms with Crippen LogP contribution in [-0.4, -0.2) is 23.9 Å². The number of esters is 1. The van der Waals surface area contributed by atoms with Gasteiger partial charge in [0.2, 0.25) is 6.79 Å². The van der Waals surface area contributed by atoms with Gasteiger partial charge >= 0.3 is 5.97 Å². The number of thiazole rings is 1. The summed E-state index contributed by atoms with van der Waals surface area (Å²) >= 11 is 3.50. The molecule has 0 saturated carbocycles. The van der Waals surface area contributed by atoms with E-state index in [-0.39, 0.29) is 19.0 Å². The fourth-order valence-corrected chi connectivity index (χ4v) is 5.91. The van der Waals surface area contributed by atoms with Crippen molar-refractivity contribution in [1.82, 2.24) is 4.57 Å². The number of nitrogens with zero attached hydrogens (tertiary/aromatic N) is 2. The summed E-state index contributed by atoms with van der Waals surface area (Å²) in [5, 5.41) is 0. The Morgan fingerprint density at radius 1 is 1.16 bits per heavy atom. The minimum absolute atomic E-state index is 0.120. The fourth-order valence-electron chi connectivity index (χ4n) is 4.52. The zero-order chi connectivity index (χ0) is 26.4. The molecule has 0 amide bonds. The van der Waals surface area contributed by atoms with Crippen LogP contribution in [0.5, 0.6) is 11.5 Å². The summed E-state index contributed by atoms with van der Waals surface area (Å²) in [5.41, 5.74) is 2.17. The van der Waals surface area contributed by atoms with Crippen LogP contribution >= 0.6 is 33.9 Å². The first-order valence-corrected chi connectivity index (χ1v) is 13.8. The topological polar surface area (TPSA) is 92.3 Å². The van der Waals surface area contributed by atoms with Crippen LogP contribution in [0.15, 0.2) is 80.1 Å². The molecule has 2 aliphatic rings.